The monoisotopic (exact) mass is 168 g/mol. The smallest absolute Gasteiger partial charge is 0.104 e. The first-order valence-electron chi connectivity index (χ1n) is 5.12. The van der Waals surface area contributed by atoms with E-state index in [9.17, 15) is 0 Å². The molecule has 4 bridgehead atoms. The molecule has 0 heterocycles. The van der Waals surface area contributed by atoms with Crippen molar-refractivity contribution < 1.29 is 10.1 Å². The maximum Gasteiger partial charge on any atom is 0.104 e. The average Bonchev–Trinajstić information content (AvgIpc) is 2.02. The van der Waals surface area contributed by atoms with Crippen LogP contribution in [0.3, 0.4) is 0 Å². The molecule has 0 unspecified atom stereocenters. The van der Waals surface area contributed by atoms with Crippen LogP contribution in [0, 0.1) is 17.8 Å². The summed E-state index contributed by atoms with van der Waals surface area (Å²) in [5, 5.41) is 8.93. The van der Waals surface area contributed by atoms with Crippen LogP contribution in [0.1, 0.15) is 38.5 Å². The van der Waals surface area contributed by atoms with Crippen molar-refractivity contribution >= 4 is 0 Å². The van der Waals surface area contributed by atoms with Gasteiger partial charge in [0.1, 0.15) is 5.60 Å². The highest BCUT2D eigenvalue weighted by atomic mass is 17.1. The Morgan fingerprint density at radius 3 is 1.67 bits per heavy atom. The Morgan fingerprint density at radius 2 is 1.33 bits per heavy atom. The lowest BCUT2D eigenvalue weighted by molar-refractivity contribution is -0.355. The zero-order chi connectivity index (χ0) is 8.18. The largest absolute Gasteiger partial charge is 0.251 e. The van der Waals surface area contributed by atoms with E-state index in [1.54, 1.807) is 0 Å². The van der Waals surface area contributed by atoms with Gasteiger partial charge in [0.05, 0.1) is 0 Å². The Bertz CT molecular complexity index is 165. The van der Waals surface area contributed by atoms with Crippen LogP contribution in [0.2, 0.25) is 0 Å². The number of rotatable bonds is 1. The second-order valence-corrected chi connectivity index (χ2v) is 5.19. The fourth-order valence-electron chi connectivity index (χ4n) is 4.14. The first-order valence-corrected chi connectivity index (χ1v) is 5.12. The highest BCUT2D eigenvalue weighted by Gasteiger charge is 2.52. The van der Waals surface area contributed by atoms with Crippen LogP contribution < -0.4 is 0 Å². The third-order valence-electron chi connectivity index (χ3n) is 4.18. The summed E-state index contributed by atoms with van der Waals surface area (Å²) in [6, 6.07) is 0. The summed E-state index contributed by atoms with van der Waals surface area (Å²) in [7, 11) is 0. The quantitative estimate of drug-likeness (QED) is 0.481. The van der Waals surface area contributed by atoms with Crippen molar-refractivity contribution in [3.8, 4) is 0 Å². The van der Waals surface area contributed by atoms with Crippen LogP contribution in [0.5, 0.6) is 0 Å². The molecule has 0 aromatic carbocycles. The highest BCUT2D eigenvalue weighted by Crippen LogP contribution is 2.56. The molecule has 0 aromatic heterocycles. The second-order valence-electron chi connectivity index (χ2n) is 5.19. The van der Waals surface area contributed by atoms with Crippen molar-refractivity contribution in [2.75, 3.05) is 0 Å². The van der Waals surface area contributed by atoms with E-state index in [1.807, 2.05) is 0 Å². The van der Waals surface area contributed by atoms with Gasteiger partial charge >= 0.3 is 0 Å². The molecule has 0 amide bonds. The van der Waals surface area contributed by atoms with E-state index in [0.29, 0.717) is 0 Å². The first kappa shape index (κ1) is 7.34. The molecule has 4 aliphatic carbocycles. The van der Waals surface area contributed by atoms with Gasteiger partial charge in [0.2, 0.25) is 0 Å². The Kier molecular flexibility index (Phi) is 1.37. The maximum atomic E-state index is 8.93. The fourth-order valence-corrected chi connectivity index (χ4v) is 4.14. The Morgan fingerprint density at radius 1 is 0.917 bits per heavy atom. The summed E-state index contributed by atoms with van der Waals surface area (Å²) in [6.45, 7) is 0. The molecule has 4 saturated carbocycles. The molecule has 4 aliphatic rings. The molecule has 0 spiro atoms. The average molecular weight is 168 g/mol. The molecular formula is C10H16O2. The summed E-state index contributed by atoms with van der Waals surface area (Å²) >= 11 is 0. The van der Waals surface area contributed by atoms with Crippen molar-refractivity contribution in [1.29, 1.82) is 0 Å². The van der Waals surface area contributed by atoms with Gasteiger partial charge in [0.25, 0.3) is 0 Å². The van der Waals surface area contributed by atoms with E-state index in [4.69, 9.17) is 10.1 Å². The standard InChI is InChI=1S/C10H16O2/c11-12-10-4-7-1-8(5-10)3-9(2-7)6-10/h7-9,11H,1-6H2. The molecular weight excluding hydrogens is 152 g/mol. The summed E-state index contributed by atoms with van der Waals surface area (Å²) in [5.74, 6) is 2.59. The molecule has 1 N–H and O–H groups in total. The molecule has 2 nitrogen and oxygen atoms in total. The summed E-state index contributed by atoms with van der Waals surface area (Å²) in [5.41, 5.74) is -0.102. The van der Waals surface area contributed by atoms with Gasteiger partial charge in [-0.3, -0.25) is 5.26 Å². The predicted octanol–water partition coefficient (Wildman–Crippen LogP) is 2.44. The predicted molar refractivity (Wildman–Crippen MR) is 44.6 cm³/mol. The van der Waals surface area contributed by atoms with Gasteiger partial charge in [0.15, 0.2) is 0 Å². The van der Waals surface area contributed by atoms with Crippen molar-refractivity contribution in [2.24, 2.45) is 17.8 Å². The van der Waals surface area contributed by atoms with Gasteiger partial charge < -0.3 is 0 Å². The van der Waals surface area contributed by atoms with Crippen molar-refractivity contribution in [1.82, 2.24) is 0 Å². The van der Waals surface area contributed by atoms with Gasteiger partial charge in [-0.1, -0.05) is 0 Å². The summed E-state index contributed by atoms with van der Waals surface area (Å²) in [4.78, 5) is 4.75. The molecule has 4 fully saturated rings. The van der Waals surface area contributed by atoms with Crippen LogP contribution in [-0.2, 0) is 4.89 Å². The van der Waals surface area contributed by atoms with Gasteiger partial charge in [-0.2, -0.15) is 0 Å². The van der Waals surface area contributed by atoms with Crippen LogP contribution in [0.4, 0.5) is 0 Å². The fraction of sp³-hybridized carbons (Fsp3) is 1.00. The Labute approximate surface area is 72.8 Å². The second kappa shape index (κ2) is 2.24. The summed E-state index contributed by atoms with van der Waals surface area (Å²) < 4.78 is 0. The molecule has 12 heavy (non-hydrogen) atoms. The van der Waals surface area contributed by atoms with E-state index in [2.05, 4.69) is 0 Å². The van der Waals surface area contributed by atoms with Crippen molar-refractivity contribution in [2.45, 2.75) is 44.1 Å². The van der Waals surface area contributed by atoms with E-state index in [1.165, 1.54) is 19.3 Å². The minimum absolute atomic E-state index is 0.102. The summed E-state index contributed by atoms with van der Waals surface area (Å²) in [6.07, 6.45) is 7.58. The molecule has 0 radical (unpaired) electrons. The zero-order valence-corrected chi connectivity index (χ0v) is 7.33. The maximum absolute atomic E-state index is 8.93. The number of hydrogen-bond acceptors (Lipinski definition) is 2. The molecule has 68 valence electrons. The van der Waals surface area contributed by atoms with Gasteiger partial charge in [-0.05, 0) is 56.3 Å². The SMILES string of the molecule is OOC12CC3CC(CC(C3)C1)C2. The minimum Gasteiger partial charge on any atom is -0.251 e. The van der Waals surface area contributed by atoms with Gasteiger partial charge in [-0.15, -0.1) is 0 Å². The van der Waals surface area contributed by atoms with Crippen molar-refractivity contribution in [3.05, 3.63) is 0 Å². The first-order chi connectivity index (χ1) is 5.80. The molecule has 0 atom stereocenters. The lowest BCUT2D eigenvalue weighted by Crippen LogP contribution is -2.51. The molecule has 4 rings (SSSR count). The molecule has 0 aromatic rings. The third kappa shape index (κ3) is 0.882. The zero-order valence-electron chi connectivity index (χ0n) is 7.33. The Balaban J connectivity index is 1.90. The van der Waals surface area contributed by atoms with Crippen LogP contribution in [0.15, 0.2) is 0 Å². The molecule has 2 heteroatoms. The number of hydrogen-bond donors (Lipinski definition) is 1. The van der Waals surface area contributed by atoms with E-state index in [0.717, 1.165) is 37.0 Å². The normalized spacial score (nSPS) is 56.2. The van der Waals surface area contributed by atoms with Crippen LogP contribution in [-0.4, -0.2) is 10.9 Å². The van der Waals surface area contributed by atoms with Crippen LogP contribution >= 0.6 is 0 Å². The highest BCUT2D eigenvalue weighted by molar-refractivity contribution is 5.02. The topological polar surface area (TPSA) is 29.5 Å². The third-order valence-corrected chi connectivity index (χ3v) is 4.18. The molecule has 0 aliphatic heterocycles. The lowest BCUT2D eigenvalue weighted by Gasteiger charge is -2.54. The van der Waals surface area contributed by atoms with Gasteiger partial charge in [0, 0.05) is 0 Å². The van der Waals surface area contributed by atoms with E-state index < -0.39 is 0 Å². The molecule has 0 saturated heterocycles. The van der Waals surface area contributed by atoms with E-state index >= 15 is 0 Å². The van der Waals surface area contributed by atoms with E-state index in [-0.39, 0.29) is 5.60 Å². The van der Waals surface area contributed by atoms with Crippen LogP contribution in [0.25, 0.3) is 0 Å². The minimum atomic E-state index is -0.102. The Hall–Kier alpha value is -0.0800. The lowest BCUT2D eigenvalue weighted by atomic mass is 9.54. The van der Waals surface area contributed by atoms with Gasteiger partial charge in [-0.25, -0.2) is 4.89 Å². The van der Waals surface area contributed by atoms with Crippen molar-refractivity contribution in [3.63, 3.8) is 0 Å².